The van der Waals surface area contributed by atoms with Crippen molar-refractivity contribution in [1.82, 2.24) is 10.2 Å². The molecule has 0 aromatic heterocycles. The number of benzene rings is 1. The predicted molar refractivity (Wildman–Crippen MR) is 103 cm³/mol. The molecule has 0 aliphatic carbocycles. The summed E-state index contributed by atoms with van der Waals surface area (Å²) >= 11 is 0. The topological polar surface area (TPSA) is 32.3 Å². The summed E-state index contributed by atoms with van der Waals surface area (Å²) in [4.78, 5) is 15.3. The van der Waals surface area contributed by atoms with Crippen LogP contribution in [0.25, 0.3) is 0 Å². The molecule has 1 aromatic rings. The van der Waals surface area contributed by atoms with Crippen LogP contribution in [-0.4, -0.2) is 30.4 Å². The molecule has 1 amide bonds. The summed E-state index contributed by atoms with van der Waals surface area (Å²) in [5.74, 6) is 2.09. The smallest absolute Gasteiger partial charge is 0.223 e. The van der Waals surface area contributed by atoms with Crippen molar-refractivity contribution in [1.29, 1.82) is 0 Å². The molecule has 2 fully saturated rings. The number of hydrogen-bond donors (Lipinski definition) is 1. The summed E-state index contributed by atoms with van der Waals surface area (Å²) in [7, 11) is 0. The number of hydrogen-bond acceptors (Lipinski definition) is 2. The van der Waals surface area contributed by atoms with Gasteiger partial charge in [-0.2, -0.15) is 0 Å². The summed E-state index contributed by atoms with van der Waals surface area (Å²) in [5, 5.41) is 3.43. The molecule has 3 heteroatoms. The fraction of sp³-hybridized carbons (Fsp3) is 0.682. The zero-order valence-electron chi connectivity index (χ0n) is 16.1. The van der Waals surface area contributed by atoms with Crippen LogP contribution in [0.1, 0.15) is 63.1 Å². The molecule has 2 heterocycles. The lowest BCUT2D eigenvalue weighted by atomic mass is 9.82. The average Bonchev–Trinajstić information content (AvgIpc) is 2.63. The maximum atomic E-state index is 13.2. The van der Waals surface area contributed by atoms with Gasteiger partial charge >= 0.3 is 0 Å². The quantitative estimate of drug-likeness (QED) is 0.884. The summed E-state index contributed by atoms with van der Waals surface area (Å²) < 4.78 is 0. The summed E-state index contributed by atoms with van der Waals surface area (Å²) in [6, 6.07) is 9.05. The SMILES string of the molecule is Cc1ccc(C2C(C)CCCN2C(=O)CC(C)C2CCNCC2)cc1. The van der Waals surface area contributed by atoms with Gasteiger partial charge in [0.05, 0.1) is 6.04 Å². The minimum Gasteiger partial charge on any atom is -0.335 e. The van der Waals surface area contributed by atoms with Gasteiger partial charge in [-0.1, -0.05) is 43.7 Å². The van der Waals surface area contributed by atoms with Crippen molar-refractivity contribution in [3.8, 4) is 0 Å². The van der Waals surface area contributed by atoms with Gasteiger partial charge in [0.15, 0.2) is 0 Å². The number of rotatable bonds is 4. The zero-order valence-corrected chi connectivity index (χ0v) is 16.1. The number of aryl methyl sites for hydroxylation is 1. The van der Waals surface area contributed by atoms with Crippen LogP contribution in [-0.2, 0) is 4.79 Å². The molecule has 0 saturated carbocycles. The van der Waals surface area contributed by atoms with Crippen LogP contribution in [0.15, 0.2) is 24.3 Å². The van der Waals surface area contributed by atoms with E-state index >= 15 is 0 Å². The Kier molecular flexibility index (Phi) is 6.16. The largest absolute Gasteiger partial charge is 0.335 e. The van der Waals surface area contributed by atoms with E-state index in [9.17, 15) is 4.79 Å². The molecule has 1 N–H and O–H groups in total. The van der Waals surface area contributed by atoms with Crippen molar-refractivity contribution in [2.45, 2.75) is 58.9 Å². The van der Waals surface area contributed by atoms with Crippen LogP contribution in [0, 0.1) is 24.7 Å². The van der Waals surface area contributed by atoms with Gasteiger partial charge in [0, 0.05) is 13.0 Å². The first-order chi connectivity index (χ1) is 12.1. The molecule has 25 heavy (non-hydrogen) atoms. The Morgan fingerprint density at radius 2 is 1.88 bits per heavy atom. The molecular weight excluding hydrogens is 308 g/mol. The van der Waals surface area contributed by atoms with Crippen molar-refractivity contribution in [2.75, 3.05) is 19.6 Å². The summed E-state index contributed by atoms with van der Waals surface area (Å²) in [6.45, 7) is 9.84. The Morgan fingerprint density at radius 3 is 2.56 bits per heavy atom. The predicted octanol–water partition coefficient (Wildman–Crippen LogP) is 4.32. The van der Waals surface area contributed by atoms with E-state index in [0.717, 1.165) is 26.1 Å². The number of piperidine rings is 2. The van der Waals surface area contributed by atoms with Crippen molar-refractivity contribution < 1.29 is 4.79 Å². The second-order valence-corrected chi connectivity index (χ2v) is 8.33. The van der Waals surface area contributed by atoms with E-state index in [0.29, 0.717) is 30.1 Å². The Morgan fingerprint density at radius 1 is 1.20 bits per heavy atom. The van der Waals surface area contributed by atoms with Crippen molar-refractivity contribution in [2.24, 2.45) is 17.8 Å². The average molecular weight is 343 g/mol. The van der Waals surface area contributed by atoms with Crippen LogP contribution < -0.4 is 5.32 Å². The number of nitrogens with zero attached hydrogens (tertiary/aromatic N) is 1. The van der Waals surface area contributed by atoms with Gasteiger partial charge in [0.2, 0.25) is 5.91 Å². The molecule has 2 aliphatic rings. The van der Waals surface area contributed by atoms with Gasteiger partial charge in [-0.05, 0) is 69.0 Å². The van der Waals surface area contributed by atoms with Crippen molar-refractivity contribution in [3.63, 3.8) is 0 Å². The monoisotopic (exact) mass is 342 g/mol. The van der Waals surface area contributed by atoms with E-state index in [1.54, 1.807) is 0 Å². The molecule has 3 unspecified atom stereocenters. The number of carbonyl (C=O) groups is 1. The van der Waals surface area contributed by atoms with Gasteiger partial charge in [-0.15, -0.1) is 0 Å². The first-order valence-electron chi connectivity index (χ1n) is 10.1. The summed E-state index contributed by atoms with van der Waals surface area (Å²) in [5.41, 5.74) is 2.59. The second kappa shape index (κ2) is 8.35. The van der Waals surface area contributed by atoms with Crippen LogP contribution >= 0.6 is 0 Å². The lowest BCUT2D eigenvalue weighted by Gasteiger charge is -2.41. The van der Waals surface area contributed by atoms with E-state index in [4.69, 9.17) is 0 Å². The molecule has 2 saturated heterocycles. The van der Waals surface area contributed by atoms with Gasteiger partial charge < -0.3 is 10.2 Å². The molecule has 138 valence electrons. The molecule has 0 spiro atoms. The molecule has 3 atom stereocenters. The molecule has 2 aliphatic heterocycles. The fourth-order valence-corrected chi connectivity index (χ4v) is 4.71. The number of nitrogens with one attached hydrogen (secondary N) is 1. The number of carbonyl (C=O) groups excluding carboxylic acids is 1. The minimum absolute atomic E-state index is 0.252. The Bertz CT molecular complexity index is 562. The van der Waals surface area contributed by atoms with Crippen LogP contribution in [0.3, 0.4) is 0 Å². The lowest BCUT2D eigenvalue weighted by molar-refractivity contribution is -0.138. The van der Waals surface area contributed by atoms with Crippen LogP contribution in [0.5, 0.6) is 0 Å². The highest BCUT2D eigenvalue weighted by molar-refractivity contribution is 5.77. The number of amides is 1. The zero-order chi connectivity index (χ0) is 17.8. The fourth-order valence-electron chi connectivity index (χ4n) is 4.71. The van der Waals surface area contributed by atoms with E-state index in [-0.39, 0.29) is 6.04 Å². The number of likely N-dealkylation sites (tertiary alicyclic amines) is 1. The molecule has 0 radical (unpaired) electrons. The molecule has 3 nitrogen and oxygen atoms in total. The molecule has 3 rings (SSSR count). The standard InChI is InChI=1S/C22H34N2O/c1-16-6-8-20(9-7-16)22-17(2)5-4-14-24(22)21(25)15-18(3)19-10-12-23-13-11-19/h6-9,17-19,22-23H,4-5,10-15H2,1-3H3. The highest BCUT2D eigenvalue weighted by atomic mass is 16.2. The highest BCUT2D eigenvalue weighted by Gasteiger charge is 2.34. The third-order valence-electron chi connectivity index (χ3n) is 6.36. The first-order valence-corrected chi connectivity index (χ1v) is 10.1. The van der Waals surface area contributed by atoms with Gasteiger partial charge in [0.25, 0.3) is 0 Å². The normalized spacial score (nSPS) is 26.4. The third-order valence-corrected chi connectivity index (χ3v) is 6.36. The minimum atomic E-state index is 0.252. The summed E-state index contributed by atoms with van der Waals surface area (Å²) in [6.07, 6.45) is 5.49. The van der Waals surface area contributed by atoms with Gasteiger partial charge in [-0.3, -0.25) is 4.79 Å². The van der Waals surface area contributed by atoms with Gasteiger partial charge in [0.1, 0.15) is 0 Å². The van der Waals surface area contributed by atoms with Crippen molar-refractivity contribution >= 4 is 5.91 Å². The van der Waals surface area contributed by atoms with E-state index in [1.807, 2.05) is 0 Å². The lowest BCUT2D eigenvalue weighted by Crippen LogP contribution is -2.43. The maximum absolute atomic E-state index is 13.2. The van der Waals surface area contributed by atoms with E-state index < -0.39 is 0 Å². The van der Waals surface area contributed by atoms with Crippen LogP contribution in [0.2, 0.25) is 0 Å². The first kappa shape index (κ1) is 18.4. The molecule has 0 bridgehead atoms. The van der Waals surface area contributed by atoms with E-state index in [2.05, 4.69) is 55.3 Å². The van der Waals surface area contributed by atoms with Crippen LogP contribution in [0.4, 0.5) is 0 Å². The molecular formula is C22H34N2O. The molecule has 1 aromatic carbocycles. The Balaban J connectivity index is 1.70. The second-order valence-electron chi connectivity index (χ2n) is 8.33. The Labute approximate surface area is 153 Å². The van der Waals surface area contributed by atoms with E-state index in [1.165, 1.54) is 30.4 Å². The third kappa shape index (κ3) is 4.44. The highest BCUT2D eigenvalue weighted by Crippen LogP contribution is 2.37. The Hall–Kier alpha value is -1.35. The maximum Gasteiger partial charge on any atom is 0.223 e. The van der Waals surface area contributed by atoms with Gasteiger partial charge in [-0.25, -0.2) is 0 Å². The van der Waals surface area contributed by atoms with Crippen molar-refractivity contribution in [3.05, 3.63) is 35.4 Å².